The molecule has 0 radical (unpaired) electrons. The molecule has 0 aromatic heterocycles. The zero-order valence-electron chi connectivity index (χ0n) is 10.5. The highest BCUT2D eigenvalue weighted by Gasteiger charge is 2.25. The molecule has 0 spiro atoms. The second-order valence-electron chi connectivity index (χ2n) is 5.03. The summed E-state index contributed by atoms with van der Waals surface area (Å²) >= 11 is 0. The highest BCUT2D eigenvalue weighted by Crippen LogP contribution is 2.32. The van der Waals surface area contributed by atoms with Crippen LogP contribution >= 0.6 is 0 Å². The van der Waals surface area contributed by atoms with Gasteiger partial charge in [-0.15, -0.1) is 0 Å². The maximum absolute atomic E-state index is 11.2. The SMILES string of the molecule is CCNCC(CCS(C)(=O)=O)C1CCCC1. The molecular weight excluding hydrogens is 222 g/mol. The molecule has 3 nitrogen and oxygen atoms in total. The summed E-state index contributed by atoms with van der Waals surface area (Å²) < 4.78 is 22.4. The summed E-state index contributed by atoms with van der Waals surface area (Å²) in [7, 11) is -2.80. The Morgan fingerprint density at radius 1 is 1.31 bits per heavy atom. The minimum Gasteiger partial charge on any atom is -0.317 e. The summed E-state index contributed by atoms with van der Waals surface area (Å²) in [5, 5.41) is 3.37. The van der Waals surface area contributed by atoms with Gasteiger partial charge in [0.05, 0.1) is 5.75 Å². The summed E-state index contributed by atoms with van der Waals surface area (Å²) in [6.45, 7) is 4.06. The van der Waals surface area contributed by atoms with E-state index in [0.717, 1.165) is 25.4 Å². The van der Waals surface area contributed by atoms with Gasteiger partial charge in [-0.2, -0.15) is 0 Å². The molecule has 0 aromatic rings. The Hall–Kier alpha value is -0.0900. The Morgan fingerprint density at radius 3 is 2.44 bits per heavy atom. The van der Waals surface area contributed by atoms with Gasteiger partial charge in [0.25, 0.3) is 0 Å². The highest BCUT2D eigenvalue weighted by atomic mass is 32.2. The first-order valence-electron chi connectivity index (χ1n) is 6.41. The van der Waals surface area contributed by atoms with Gasteiger partial charge >= 0.3 is 0 Å². The van der Waals surface area contributed by atoms with Gasteiger partial charge in [-0.3, -0.25) is 0 Å². The van der Waals surface area contributed by atoms with Gasteiger partial charge in [0.1, 0.15) is 9.84 Å². The van der Waals surface area contributed by atoms with E-state index in [1.807, 2.05) is 0 Å². The zero-order chi connectivity index (χ0) is 12.0. The van der Waals surface area contributed by atoms with Crippen LogP contribution in [0.2, 0.25) is 0 Å². The van der Waals surface area contributed by atoms with Crippen LogP contribution in [0.1, 0.15) is 39.0 Å². The Kier molecular flexibility index (Phi) is 5.76. The fourth-order valence-electron chi connectivity index (χ4n) is 2.63. The third kappa shape index (κ3) is 5.30. The molecule has 0 saturated heterocycles. The first-order valence-corrected chi connectivity index (χ1v) is 8.47. The number of hydrogen-bond acceptors (Lipinski definition) is 3. The van der Waals surface area contributed by atoms with Crippen LogP contribution in [0.3, 0.4) is 0 Å². The molecule has 16 heavy (non-hydrogen) atoms. The monoisotopic (exact) mass is 247 g/mol. The highest BCUT2D eigenvalue weighted by molar-refractivity contribution is 7.90. The minimum absolute atomic E-state index is 0.347. The average molecular weight is 247 g/mol. The molecule has 1 aliphatic rings. The van der Waals surface area contributed by atoms with Gasteiger partial charge in [0.15, 0.2) is 0 Å². The van der Waals surface area contributed by atoms with Gasteiger partial charge in [-0.05, 0) is 31.3 Å². The van der Waals surface area contributed by atoms with Gasteiger partial charge in [-0.25, -0.2) is 8.42 Å². The van der Waals surface area contributed by atoms with Crippen molar-refractivity contribution in [3.05, 3.63) is 0 Å². The zero-order valence-corrected chi connectivity index (χ0v) is 11.4. The lowest BCUT2D eigenvalue weighted by molar-refractivity contribution is 0.317. The molecule has 1 unspecified atom stereocenters. The Bertz CT molecular complexity index is 281. The van der Waals surface area contributed by atoms with Crippen molar-refractivity contribution < 1.29 is 8.42 Å². The van der Waals surface area contributed by atoms with E-state index < -0.39 is 9.84 Å². The molecule has 96 valence electrons. The first kappa shape index (κ1) is 14.0. The molecule has 1 rings (SSSR count). The average Bonchev–Trinajstić information content (AvgIpc) is 2.69. The van der Waals surface area contributed by atoms with Crippen LogP contribution in [0.25, 0.3) is 0 Å². The van der Waals surface area contributed by atoms with Crippen LogP contribution in [0, 0.1) is 11.8 Å². The van der Waals surface area contributed by atoms with Crippen molar-refractivity contribution in [2.24, 2.45) is 11.8 Å². The van der Waals surface area contributed by atoms with Crippen LogP contribution in [0.5, 0.6) is 0 Å². The predicted molar refractivity (Wildman–Crippen MR) is 68.3 cm³/mol. The van der Waals surface area contributed by atoms with Crippen LogP contribution in [0.15, 0.2) is 0 Å². The van der Waals surface area contributed by atoms with Crippen molar-refractivity contribution in [2.45, 2.75) is 39.0 Å². The molecule has 1 saturated carbocycles. The number of hydrogen-bond donors (Lipinski definition) is 1. The third-order valence-corrected chi connectivity index (χ3v) is 4.56. The number of rotatable bonds is 7. The number of sulfone groups is 1. The van der Waals surface area contributed by atoms with Gasteiger partial charge in [0, 0.05) is 6.26 Å². The lowest BCUT2D eigenvalue weighted by atomic mass is 9.88. The van der Waals surface area contributed by atoms with Crippen LogP contribution in [-0.4, -0.2) is 33.5 Å². The number of nitrogens with one attached hydrogen (secondary N) is 1. The molecule has 1 atom stereocenters. The predicted octanol–water partition coefficient (Wildman–Crippen LogP) is 1.84. The molecule has 0 amide bonds. The summed E-state index contributed by atoms with van der Waals surface area (Å²) in [6.07, 6.45) is 7.40. The molecule has 4 heteroatoms. The standard InChI is InChI=1S/C12H25NO2S/c1-3-13-10-12(8-9-16(2,14)15)11-6-4-5-7-11/h11-13H,3-10H2,1-2H3. The Labute approximate surface area is 99.9 Å². The minimum atomic E-state index is -2.80. The molecule has 1 N–H and O–H groups in total. The maximum Gasteiger partial charge on any atom is 0.147 e. The van der Waals surface area contributed by atoms with E-state index in [2.05, 4.69) is 12.2 Å². The van der Waals surface area contributed by atoms with Crippen molar-refractivity contribution in [3.63, 3.8) is 0 Å². The molecule has 0 bridgehead atoms. The summed E-state index contributed by atoms with van der Waals surface area (Å²) in [6, 6.07) is 0. The second-order valence-corrected chi connectivity index (χ2v) is 7.29. The molecule has 1 aliphatic carbocycles. The maximum atomic E-state index is 11.2. The largest absolute Gasteiger partial charge is 0.317 e. The Balaban J connectivity index is 2.42. The van der Waals surface area contributed by atoms with E-state index in [-0.39, 0.29) is 0 Å². The van der Waals surface area contributed by atoms with E-state index in [9.17, 15) is 8.42 Å². The fraction of sp³-hybridized carbons (Fsp3) is 1.00. The quantitative estimate of drug-likeness (QED) is 0.746. The van der Waals surface area contributed by atoms with E-state index in [4.69, 9.17) is 0 Å². The van der Waals surface area contributed by atoms with E-state index in [1.54, 1.807) is 0 Å². The lowest BCUT2D eigenvalue weighted by Crippen LogP contribution is -2.28. The van der Waals surface area contributed by atoms with E-state index in [0.29, 0.717) is 11.7 Å². The molecule has 0 heterocycles. The molecular formula is C12H25NO2S. The Morgan fingerprint density at radius 2 is 1.94 bits per heavy atom. The smallest absolute Gasteiger partial charge is 0.147 e. The molecule has 1 fully saturated rings. The molecule has 0 aromatic carbocycles. The topological polar surface area (TPSA) is 46.2 Å². The third-order valence-electron chi connectivity index (χ3n) is 3.58. The van der Waals surface area contributed by atoms with Crippen molar-refractivity contribution in [3.8, 4) is 0 Å². The van der Waals surface area contributed by atoms with Crippen molar-refractivity contribution in [1.82, 2.24) is 5.32 Å². The normalized spacial score (nSPS) is 20.1. The first-order chi connectivity index (χ1) is 7.53. The lowest BCUT2D eigenvalue weighted by Gasteiger charge is -2.23. The van der Waals surface area contributed by atoms with Crippen LogP contribution < -0.4 is 5.32 Å². The van der Waals surface area contributed by atoms with Crippen molar-refractivity contribution >= 4 is 9.84 Å². The van der Waals surface area contributed by atoms with Gasteiger partial charge in [-0.1, -0.05) is 32.6 Å². The summed E-state index contributed by atoms with van der Waals surface area (Å²) in [5.74, 6) is 1.65. The van der Waals surface area contributed by atoms with Crippen molar-refractivity contribution in [1.29, 1.82) is 0 Å². The van der Waals surface area contributed by atoms with Crippen LogP contribution in [-0.2, 0) is 9.84 Å². The van der Waals surface area contributed by atoms with Crippen molar-refractivity contribution in [2.75, 3.05) is 25.1 Å². The van der Waals surface area contributed by atoms with Crippen LogP contribution in [0.4, 0.5) is 0 Å². The second kappa shape index (κ2) is 6.60. The molecule has 0 aliphatic heterocycles. The summed E-state index contributed by atoms with van der Waals surface area (Å²) in [4.78, 5) is 0. The fourth-order valence-corrected chi connectivity index (χ4v) is 3.36. The van der Waals surface area contributed by atoms with Gasteiger partial charge < -0.3 is 5.32 Å². The van der Waals surface area contributed by atoms with Gasteiger partial charge in [0.2, 0.25) is 0 Å². The van der Waals surface area contributed by atoms with E-state index >= 15 is 0 Å². The summed E-state index contributed by atoms with van der Waals surface area (Å²) in [5.41, 5.74) is 0. The van der Waals surface area contributed by atoms with E-state index in [1.165, 1.54) is 31.9 Å².